The van der Waals surface area contributed by atoms with Crippen LogP contribution >= 0.6 is 54.5 Å². The van der Waals surface area contributed by atoms with E-state index in [4.69, 9.17) is 9.47 Å². The summed E-state index contributed by atoms with van der Waals surface area (Å²) in [5.74, 6) is 1.03. The van der Waals surface area contributed by atoms with Crippen LogP contribution in [0.25, 0.3) is 0 Å². The zero-order valence-electron chi connectivity index (χ0n) is 12.8. The topological polar surface area (TPSA) is 59.9 Å². The standard InChI is InChI=1S/C16H13Br2IN2O3/c1-23-14-7-10(3-4-13(14)19)16(22)21-20-8-9-5-11(17)15(24-2)12(18)6-9/h3-8H,1-2H3,(H,21,22)/b20-8-. The number of carbonyl (C=O) groups excluding carboxylic acids is 1. The van der Waals surface area contributed by atoms with E-state index >= 15 is 0 Å². The number of benzene rings is 2. The number of hydrogen-bond acceptors (Lipinski definition) is 4. The molecule has 0 aliphatic rings. The van der Waals surface area contributed by atoms with Crippen LogP contribution in [-0.4, -0.2) is 26.3 Å². The van der Waals surface area contributed by atoms with Crippen molar-refractivity contribution in [2.75, 3.05) is 14.2 Å². The Hall–Kier alpha value is -1.13. The molecule has 0 unspecified atom stereocenters. The van der Waals surface area contributed by atoms with Gasteiger partial charge in [-0.1, -0.05) is 0 Å². The normalized spacial score (nSPS) is 10.7. The fourth-order valence-corrected chi connectivity index (χ4v) is 3.98. The van der Waals surface area contributed by atoms with Gasteiger partial charge in [-0.3, -0.25) is 4.79 Å². The predicted octanol–water partition coefficient (Wildman–Crippen LogP) is 4.60. The molecular formula is C16H13Br2IN2O3. The van der Waals surface area contributed by atoms with E-state index in [1.54, 1.807) is 32.6 Å². The highest BCUT2D eigenvalue weighted by molar-refractivity contribution is 14.1. The highest BCUT2D eigenvalue weighted by Gasteiger charge is 2.09. The lowest BCUT2D eigenvalue weighted by atomic mass is 10.2. The van der Waals surface area contributed by atoms with Crippen molar-refractivity contribution >= 4 is 66.6 Å². The van der Waals surface area contributed by atoms with Crippen molar-refractivity contribution in [1.29, 1.82) is 0 Å². The van der Waals surface area contributed by atoms with Crippen molar-refractivity contribution < 1.29 is 14.3 Å². The fraction of sp³-hybridized carbons (Fsp3) is 0.125. The summed E-state index contributed by atoms with van der Waals surface area (Å²) in [6.45, 7) is 0. The van der Waals surface area contributed by atoms with Crippen LogP contribution in [0.2, 0.25) is 0 Å². The molecule has 0 radical (unpaired) electrons. The first-order valence-electron chi connectivity index (χ1n) is 6.66. The number of rotatable bonds is 5. The minimum absolute atomic E-state index is 0.312. The highest BCUT2D eigenvalue weighted by atomic mass is 127. The number of halogens is 3. The molecule has 0 atom stereocenters. The molecule has 8 heteroatoms. The van der Waals surface area contributed by atoms with Crippen LogP contribution in [0.3, 0.4) is 0 Å². The van der Waals surface area contributed by atoms with Gasteiger partial charge in [-0.05, 0) is 90.3 Å². The molecule has 126 valence electrons. The molecule has 1 amide bonds. The molecule has 0 fully saturated rings. The molecule has 24 heavy (non-hydrogen) atoms. The maximum atomic E-state index is 12.1. The van der Waals surface area contributed by atoms with Gasteiger partial charge in [0, 0.05) is 5.56 Å². The van der Waals surface area contributed by atoms with Crippen molar-refractivity contribution in [3.8, 4) is 11.5 Å². The van der Waals surface area contributed by atoms with E-state index in [1.807, 2.05) is 18.2 Å². The molecular weight excluding hydrogens is 555 g/mol. The fourth-order valence-electron chi connectivity index (χ4n) is 1.88. The number of nitrogens with zero attached hydrogens (tertiary/aromatic N) is 1. The Balaban J connectivity index is 2.10. The molecule has 0 aliphatic heterocycles. The van der Waals surface area contributed by atoms with Crippen LogP contribution in [0.4, 0.5) is 0 Å². The van der Waals surface area contributed by atoms with Gasteiger partial charge < -0.3 is 9.47 Å². The molecule has 0 heterocycles. The highest BCUT2D eigenvalue weighted by Crippen LogP contribution is 2.33. The Morgan fingerprint density at radius 1 is 1.17 bits per heavy atom. The Labute approximate surface area is 170 Å². The zero-order valence-corrected chi connectivity index (χ0v) is 18.1. The smallest absolute Gasteiger partial charge is 0.271 e. The van der Waals surface area contributed by atoms with E-state index in [0.29, 0.717) is 17.1 Å². The molecule has 0 aliphatic carbocycles. The van der Waals surface area contributed by atoms with Gasteiger partial charge >= 0.3 is 0 Å². The summed E-state index contributed by atoms with van der Waals surface area (Å²) < 4.78 is 13.0. The van der Waals surface area contributed by atoms with Crippen LogP contribution in [0.5, 0.6) is 11.5 Å². The quantitative estimate of drug-likeness (QED) is 0.326. The summed E-state index contributed by atoms with van der Waals surface area (Å²) in [5.41, 5.74) is 3.77. The zero-order chi connectivity index (χ0) is 17.7. The van der Waals surface area contributed by atoms with Crippen LogP contribution in [0.15, 0.2) is 44.4 Å². The molecule has 0 spiro atoms. The van der Waals surface area contributed by atoms with Crippen LogP contribution < -0.4 is 14.9 Å². The first kappa shape index (κ1) is 19.2. The van der Waals surface area contributed by atoms with Crippen molar-refractivity contribution in [3.63, 3.8) is 0 Å². The number of amides is 1. The largest absolute Gasteiger partial charge is 0.496 e. The van der Waals surface area contributed by atoms with E-state index < -0.39 is 0 Å². The maximum Gasteiger partial charge on any atom is 0.271 e. The number of ether oxygens (including phenoxy) is 2. The maximum absolute atomic E-state index is 12.1. The minimum atomic E-state index is -0.312. The molecule has 1 N–H and O–H groups in total. The average molecular weight is 568 g/mol. The summed E-state index contributed by atoms with van der Waals surface area (Å²) in [7, 11) is 3.16. The lowest BCUT2D eigenvalue weighted by molar-refractivity contribution is 0.0954. The third kappa shape index (κ3) is 4.70. The third-order valence-corrected chi connectivity index (χ3v) is 5.09. The van der Waals surface area contributed by atoms with Gasteiger partial charge in [-0.2, -0.15) is 5.10 Å². The van der Waals surface area contributed by atoms with Gasteiger partial charge in [0.2, 0.25) is 0 Å². The Bertz CT molecular complexity index is 774. The summed E-state index contributed by atoms with van der Waals surface area (Å²) in [5, 5.41) is 3.98. The average Bonchev–Trinajstić information content (AvgIpc) is 2.55. The van der Waals surface area contributed by atoms with E-state index in [1.165, 1.54) is 0 Å². The number of carbonyl (C=O) groups is 1. The van der Waals surface area contributed by atoms with Crippen molar-refractivity contribution in [3.05, 3.63) is 54.0 Å². The molecule has 0 saturated carbocycles. The van der Waals surface area contributed by atoms with Crippen molar-refractivity contribution in [2.24, 2.45) is 5.10 Å². The molecule has 0 bridgehead atoms. The van der Waals surface area contributed by atoms with Gasteiger partial charge in [-0.25, -0.2) is 5.43 Å². The second-order valence-corrected chi connectivity index (χ2v) is 7.44. The predicted molar refractivity (Wildman–Crippen MR) is 109 cm³/mol. The Kier molecular flexibility index (Phi) is 7.05. The molecule has 2 rings (SSSR count). The van der Waals surface area contributed by atoms with E-state index in [0.717, 1.165) is 18.1 Å². The lowest BCUT2D eigenvalue weighted by Gasteiger charge is -2.07. The van der Waals surface area contributed by atoms with Crippen LogP contribution in [-0.2, 0) is 0 Å². The van der Waals surface area contributed by atoms with Crippen LogP contribution in [0.1, 0.15) is 15.9 Å². The van der Waals surface area contributed by atoms with Gasteiger partial charge in [0.25, 0.3) is 5.91 Å². The van der Waals surface area contributed by atoms with E-state index in [2.05, 4.69) is 65.0 Å². The van der Waals surface area contributed by atoms with Crippen LogP contribution in [0, 0.1) is 3.57 Å². The first-order chi connectivity index (χ1) is 11.5. The second kappa shape index (κ2) is 8.82. The molecule has 2 aromatic carbocycles. The van der Waals surface area contributed by atoms with E-state index in [-0.39, 0.29) is 5.91 Å². The van der Waals surface area contributed by atoms with Gasteiger partial charge in [0.1, 0.15) is 11.5 Å². The summed E-state index contributed by atoms with van der Waals surface area (Å²) in [6, 6.07) is 8.89. The summed E-state index contributed by atoms with van der Waals surface area (Å²) >= 11 is 8.98. The molecule has 5 nitrogen and oxygen atoms in total. The number of hydrazone groups is 1. The molecule has 2 aromatic rings. The van der Waals surface area contributed by atoms with E-state index in [9.17, 15) is 4.79 Å². The van der Waals surface area contributed by atoms with Gasteiger partial charge in [0.05, 0.1) is 32.9 Å². The Morgan fingerprint density at radius 3 is 2.42 bits per heavy atom. The van der Waals surface area contributed by atoms with Gasteiger partial charge in [-0.15, -0.1) is 0 Å². The second-order valence-electron chi connectivity index (χ2n) is 4.57. The third-order valence-electron chi connectivity index (χ3n) is 3.02. The SMILES string of the molecule is COc1cc(C(=O)N/N=C\c2cc(Br)c(OC)c(Br)c2)ccc1I. The summed E-state index contributed by atoms with van der Waals surface area (Å²) in [6.07, 6.45) is 1.55. The Morgan fingerprint density at radius 2 is 1.83 bits per heavy atom. The van der Waals surface area contributed by atoms with Crippen molar-refractivity contribution in [1.82, 2.24) is 5.43 Å². The number of nitrogens with one attached hydrogen (secondary N) is 1. The molecule has 0 aromatic heterocycles. The number of methoxy groups -OCH3 is 2. The summed E-state index contributed by atoms with van der Waals surface area (Å²) in [4.78, 5) is 12.1. The minimum Gasteiger partial charge on any atom is -0.496 e. The molecule has 0 saturated heterocycles. The van der Waals surface area contributed by atoms with Gasteiger partial charge in [0.15, 0.2) is 0 Å². The lowest BCUT2D eigenvalue weighted by Crippen LogP contribution is -2.17. The first-order valence-corrected chi connectivity index (χ1v) is 9.32. The van der Waals surface area contributed by atoms with Crippen molar-refractivity contribution in [2.45, 2.75) is 0 Å². The number of hydrogen-bond donors (Lipinski definition) is 1. The monoisotopic (exact) mass is 566 g/mol.